The van der Waals surface area contributed by atoms with Gasteiger partial charge in [-0.25, -0.2) is 13.8 Å². The molecular formula is C19H13F2N3S. The first-order valence-corrected chi connectivity index (χ1v) is 8.97. The second-order valence-corrected chi connectivity index (χ2v) is 7.05. The van der Waals surface area contributed by atoms with Gasteiger partial charge in [0.25, 0.3) is 0 Å². The van der Waals surface area contributed by atoms with Gasteiger partial charge in [-0.2, -0.15) is 5.10 Å². The number of nitrogens with zero attached hydrogens (tertiary/aromatic N) is 3. The summed E-state index contributed by atoms with van der Waals surface area (Å²) in [5.74, 6) is -1.70. The highest BCUT2D eigenvalue weighted by atomic mass is 32.1. The predicted molar refractivity (Wildman–Crippen MR) is 94.5 cm³/mol. The summed E-state index contributed by atoms with van der Waals surface area (Å²) in [6.07, 6.45) is 1.99. The Balaban J connectivity index is 1.76. The van der Waals surface area contributed by atoms with Crippen LogP contribution >= 0.6 is 11.3 Å². The van der Waals surface area contributed by atoms with Crippen molar-refractivity contribution in [3.05, 3.63) is 59.2 Å². The highest BCUT2D eigenvalue weighted by Crippen LogP contribution is 2.39. The van der Waals surface area contributed by atoms with Crippen LogP contribution in [0.15, 0.2) is 41.9 Å². The van der Waals surface area contributed by atoms with Gasteiger partial charge in [-0.05, 0) is 48.7 Å². The summed E-state index contributed by atoms with van der Waals surface area (Å²) >= 11 is 1.59. The van der Waals surface area contributed by atoms with Crippen molar-refractivity contribution >= 4 is 21.6 Å². The Morgan fingerprint density at radius 3 is 2.76 bits per heavy atom. The van der Waals surface area contributed by atoms with Crippen LogP contribution in [0.2, 0.25) is 0 Å². The number of hydrogen-bond donors (Lipinski definition) is 0. The maximum absolute atomic E-state index is 13.8. The van der Waals surface area contributed by atoms with Gasteiger partial charge in [0.15, 0.2) is 11.6 Å². The zero-order valence-corrected chi connectivity index (χ0v) is 14.0. The van der Waals surface area contributed by atoms with E-state index in [1.54, 1.807) is 17.4 Å². The smallest absolute Gasteiger partial charge is 0.159 e. The Hall–Kier alpha value is -2.60. The van der Waals surface area contributed by atoms with E-state index in [4.69, 9.17) is 5.10 Å². The highest BCUT2D eigenvalue weighted by molar-refractivity contribution is 7.16. The van der Waals surface area contributed by atoms with Crippen LogP contribution in [0.5, 0.6) is 0 Å². The van der Waals surface area contributed by atoms with Crippen molar-refractivity contribution in [2.75, 3.05) is 0 Å². The van der Waals surface area contributed by atoms with Crippen molar-refractivity contribution in [2.45, 2.75) is 19.4 Å². The van der Waals surface area contributed by atoms with Crippen molar-refractivity contribution in [3.8, 4) is 22.4 Å². The molecule has 1 aliphatic rings. The van der Waals surface area contributed by atoms with Crippen molar-refractivity contribution in [2.24, 2.45) is 0 Å². The molecule has 0 amide bonds. The lowest BCUT2D eigenvalue weighted by Gasteiger charge is -2.06. The second-order valence-electron chi connectivity index (χ2n) is 6.16. The fourth-order valence-corrected chi connectivity index (χ4v) is 4.21. The van der Waals surface area contributed by atoms with E-state index in [1.165, 1.54) is 6.07 Å². The molecule has 4 aromatic rings. The molecule has 0 saturated heterocycles. The van der Waals surface area contributed by atoms with Gasteiger partial charge in [0, 0.05) is 23.4 Å². The summed E-state index contributed by atoms with van der Waals surface area (Å²) < 4.78 is 30.2. The fraction of sp³-hybridized carbons (Fsp3) is 0.158. The van der Waals surface area contributed by atoms with Gasteiger partial charge < -0.3 is 0 Å². The minimum atomic E-state index is -0.852. The van der Waals surface area contributed by atoms with Crippen LogP contribution in [0, 0.1) is 11.6 Å². The molecule has 1 aliphatic heterocycles. The largest absolute Gasteiger partial charge is 0.268 e. The first-order valence-electron chi connectivity index (χ1n) is 8.09. The molecule has 0 bridgehead atoms. The Kier molecular flexibility index (Phi) is 3.21. The molecule has 0 radical (unpaired) electrons. The topological polar surface area (TPSA) is 30.7 Å². The maximum atomic E-state index is 13.8. The third-order valence-electron chi connectivity index (χ3n) is 4.65. The van der Waals surface area contributed by atoms with Crippen LogP contribution in [-0.4, -0.2) is 14.8 Å². The van der Waals surface area contributed by atoms with Crippen LogP contribution in [-0.2, 0) is 13.0 Å². The summed E-state index contributed by atoms with van der Waals surface area (Å²) in [4.78, 5) is 4.32. The molecule has 0 atom stereocenters. The molecule has 0 saturated carbocycles. The van der Waals surface area contributed by atoms with E-state index in [2.05, 4.69) is 11.1 Å². The third kappa shape index (κ3) is 2.28. The molecule has 2 aromatic carbocycles. The molecule has 0 N–H and O–H groups in total. The van der Waals surface area contributed by atoms with Crippen LogP contribution in [0.4, 0.5) is 8.78 Å². The SMILES string of the molecule is Fc1ccc(-c2nn3c(c2-c2ccc4ncsc4c2)CCC3)cc1F. The Labute approximate surface area is 146 Å². The third-order valence-corrected chi connectivity index (χ3v) is 5.45. The standard InChI is InChI=1S/C19H13F2N3S/c20-13-5-3-12(8-14(13)21)19-18(16-2-1-7-24(16)23-19)11-4-6-15-17(9-11)25-10-22-15/h3-6,8-10H,1-2,7H2. The average Bonchev–Trinajstić information content (AvgIpc) is 3.31. The van der Waals surface area contributed by atoms with Crippen LogP contribution < -0.4 is 0 Å². The van der Waals surface area contributed by atoms with E-state index < -0.39 is 11.6 Å². The van der Waals surface area contributed by atoms with E-state index in [9.17, 15) is 8.78 Å². The molecule has 6 heteroatoms. The van der Waals surface area contributed by atoms with Gasteiger partial charge in [-0.3, -0.25) is 4.68 Å². The molecule has 3 nitrogen and oxygen atoms in total. The summed E-state index contributed by atoms with van der Waals surface area (Å²) in [6, 6.07) is 10.1. The molecule has 5 rings (SSSR count). The van der Waals surface area contributed by atoms with Crippen LogP contribution in [0.3, 0.4) is 0 Å². The molecule has 2 aromatic heterocycles. The van der Waals surface area contributed by atoms with Gasteiger partial charge >= 0.3 is 0 Å². The molecule has 0 spiro atoms. The van der Waals surface area contributed by atoms with Gasteiger partial charge in [-0.1, -0.05) is 6.07 Å². The molecule has 3 heterocycles. The van der Waals surface area contributed by atoms with Crippen molar-refractivity contribution in [1.82, 2.24) is 14.8 Å². The van der Waals surface area contributed by atoms with Crippen molar-refractivity contribution < 1.29 is 8.78 Å². The summed E-state index contributed by atoms with van der Waals surface area (Å²) in [6.45, 7) is 0.856. The summed E-state index contributed by atoms with van der Waals surface area (Å²) in [5, 5.41) is 4.69. The lowest BCUT2D eigenvalue weighted by molar-refractivity contribution is 0.509. The maximum Gasteiger partial charge on any atom is 0.159 e. The van der Waals surface area contributed by atoms with Crippen LogP contribution in [0.25, 0.3) is 32.6 Å². The number of aryl methyl sites for hydroxylation is 1. The average molecular weight is 353 g/mol. The van der Waals surface area contributed by atoms with Gasteiger partial charge in [0.2, 0.25) is 0 Å². The minimum Gasteiger partial charge on any atom is -0.268 e. The molecule has 0 fully saturated rings. The van der Waals surface area contributed by atoms with Crippen molar-refractivity contribution in [1.29, 1.82) is 0 Å². The lowest BCUT2D eigenvalue weighted by Crippen LogP contribution is -1.94. The minimum absolute atomic E-state index is 0.597. The van der Waals surface area contributed by atoms with E-state index in [1.807, 2.05) is 22.3 Å². The Bertz CT molecular complexity index is 1110. The Morgan fingerprint density at radius 2 is 1.88 bits per heavy atom. The summed E-state index contributed by atoms with van der Waals surface area (Å²) in [7, 11) is 0. The summed E-state index contributed by atoms with van der Waals surface area (Å²) in [5.41, 5.74) is 7.30. The monoisotopic (exact) mass is 353 g/mol. The zero-order chi connectivity index (χ0) is 17.0. The molecule has 0 unspecified atom stereocenters. The number of rotatable bonds is 2. The number of benzene rings is 2. The molecular weight excluding hydrogens is 340 g/mol. The normalized spacial score (nSPS) is 13.5. The number of halogens is 2. The quantitative estimate of drug-likeness (QED) is 0.505. The Morgan fingerprint density at radius 1 is 1.00 bits per heavy atom. The van der Waals surface area contributed by atoms with E-state index in [0.717, 1.165) is 52.5 Å². The van der Waals surface area contributed by atoms with Crippen molar-refractivity contribution in [3.63, 3.8) is 0 Å². The first-order chi connectivity index (χ1) is 12.2. The number of fused-ring (bicyclic) bond motifs is 2. The molecule has 25 heavy (non-hydrogen) atoms. The van der Waals surface area contributed by atoms with E-state index >= 15 is 0 Å². The van der Waals surface area contributed by atoms with Gasteiger partial charge in [-0.15, -0.1) is 11.3 Å². The van der Waals surface area contributed by atoms with Gasteiger partial charge in [0.1, 0.15) is 5.69 Å². The highest BCUT2D eigenvalue weighted by Gasteiger charge is 2.24. The van der Waals surface area contributed by atoms with E-state index in [0.29, 0.717) is 11.3 Å². The fourth-order valence-electron chi connectivity index (χ4n) is 3.49. The van der Waals surface area contributed by atoms with E-state index in [-0.39, 0.29) is 0 Å². The van der Waals surface area contributed by atoms with Crippen LogP contribution in [0.1, 0.15) is 12.1 Å². The predicted octanol–water partition coefficient (Wildman–Crippen LogP) is 5.05. The second kappa shape index (κ2) is 5.46. The number of hydrogen-bond acceptors (Lipinski definition) is 3. The lowest BCUT2D eigenvalue weighted by atomic mass is 9.97. The zero-order valence-electron chi connectivity index (χ0n) is 13.2. The molecule has 124 valence electrons. The number of thiazole rings is 1. The molecule has 0 aliphatic carbocycles. The van der Waals surface area contributed by atoms with Gasteiger partial charge in [0.05, 0.1) is 15.7 Å². The number of aromatic nitrogens is 3. The first kappa shape index (κ1) is 14.7.